The molecule has 0 unspecified atom stereocenters. The van der Waals surface area contributed by atoms with Crippen LogP contribution in [0.3, 0.4) is 0 Å². The van der Waals surface area contributed by atoms with Crippen LogP contribution in [0.1, 0.15) is 31.8 Å². The Morgan fingerprint density at radius 2 is 1.25 bits per heavy atom. The predicted molar refractivity (Wildman–Crippen MR) is 160 cm³/mol. The summed E-state index contributed by atoms with van der Waals surface area (Å²) >= 11 is 0. The lowest BCUT2D eigenvalue weighted by Crippen LogP contribution is -2.07. The molecule has 4 N–H and O–H groups in total. The van der Waals surface area contributed by atoms with Crippen LogP contribution >= 0.6 is 0 Å². The Morgan fingerprint density at radius 1 is 0.682 bits per heavy atom. The number of ketones is 2. The molecule has 0 atom stereocenters. The summed E-state index contributed by atoms with van der Waals surface area (Å²) in [7, 11) is 3.50. The number of methoxy groups -OCH3 is 2. The van der Waals surface area contributed by atoms with E-state index in [0.29, 0.717) is 5.75 Å². The van der Waals surface area contributed by atoms with Crippen molar-refractivity contribution in [2.24, 2.45) is 0 Å². The largest absolute Gasteiger partial charge is 0.507 e. The Bertz CT molecular complexity index is 1680. The Balaban J connectivity index is 0.000000268. The summed E-state index contributed by atoms with van der Waals surface area (Å²) in [5.74, 6) is -1.52. The van der Waals surface area contributed by atoms with Gasteiger partial charge in [0.1, 0.15) is 33.6 Å². The van der Waals surface area contributed by atoms with Gasteiger partial charge in [0.05, 0.1) is 30.9 Å². The van der Waals surface area contributed by atoms with E-state index in [9.17, 15) is 33.3 Å². The minimum Gasteiger partial charge on any atom is -0.507 e. The fourth-order valence-corrected chi connectivity index (χ4v) is 4.70. The number of phenols is 3. The highest BCUT2D eigenvalue weighted by Crippen LogP contribution is 2.33. The third-order valence-corrected chi connectivity index (χ3v) is 7.06. The van der Waals surface area contributed by atoms with Crippen molar-refractivity contribution >= 4 is 52.7 Å². The van der Waals surface area contributed by atoms with Crippen molar-refractivity contribution < 1.29 is 55.6 Å². The van der Waals surface area contributed by atoms with Crippen LogP contribution in [0.15, 0.2) is 89.8 Å². The van der Waals surface area contributed by atoms with Crippen molar-refractivity contribution in [1.29, 1.82) is 0 Å². The normalized spacial score (nSPS) is 10.4. The average molecular weight is 669 g/mol. The molecule has 226 valence electrons. The molecule has 0 bridgehead atoms. The molecule has 0 aliphatic heterocycles. The predicted octanol–water partition coefficient (Wildman–Crippen LogP) is 2.94. The first-order valence-electron chi connectivity index (χ1n) is 12.0. The zero-order valence-corrected chi connectivity index (χ0v) is 26.9. The van der Waals surface area contributed by atoms with E-state index in [1.807, 2.05) is 0 Å². The Hall–Kier alpha value is -4.30. The highest BCUT2D eigenvalue weighted by atomic mass is 32.2. The van der Waals surface area contributed by atoms with E-state index in [1.54, 1.807) is 36.4 Å². The fraction of sp³-hybridized carbons (Fsp3) is 0.0714. The maximum absolute atomic E-state index is 12.3. The minimum atomic E-state index is -4.59. The van der Waals surface area contributed by atoms with Crippen molar-refractivity contribution in [3.05, 3.63) is 107 Å². The monoisotopic (exact) mass is 668 g/mol. The van der Waals surface area contributed by atoms with Gasteiger partial charge in [0.15, 0.2) is 11.6 Å². The summed E-state index contributed by atoms with van der Waals surface area (Å²) in [5, 5.41) is 29.2. The van der Waals surface area contributed by atoms with Gasteiger partial charge in [-0.15, -0.1) is 0 Å². The molecule has 16 heteroatoms. The molecule has 0 aromatic heterocycles. The first kappa shape index (κ1) is 35.9. The summed E-state index contributed by atoms with van der Waals surface area (Å²) in [6.07, 6.45) is 0. The third-order valence-electron chi connectivity index (χ3n) is 5.52. The number of hydrogen-bond acceptors (Lipinski definition) is 11. The lowest BCUT2D eigenvalue weighted by molar-refractivity contribution is 0.102. The molecule has 0 fully saturated rings. The number of phenolic OH excluding ortho intramolecular Hbond substituents is 3. The van der Waals surface area contributed by atoms with Crippen LogP contribution in [-0.4, -0.2) is 85.1 Å². The lowest BCUT2D eigenvalue weighted by atomic mass is 10.0. The van der Waals surface area contributed by atoms with Crippen LogP contribution in [0.25, 0.3) is 0 Å². The summed E-state index contributed by atoms with van der Waals surface area (Å²) in [4.78, 5) is 23.8. The maximum Gasteiger partial charge on any atom is 0.409 e. The third kappa shape index (κ3) is 9.88. The van der Waals surface area contributed by atoms with Crippen LogP contribution in [0.5, 0.6) is 28.7 Å². The van der Waals surface area contributed by atoms with Gasteiger partial charge in [-0.1, -0.05) is 42.5 Å². The minimum absolute atomic E-state index is 0.0247. The number of carbonyl (C=O) groups excluding carboxylic acids is 2. The fourth-order valence-electron chi connectivity index (χ4n) is 3.50. The van der Waals surface area contributed by atoms with Crippen molar-refractivity contribution in [1.82, 2.24) is 0 Å². The van der Waals surface area contributed by atoms with Crippen LogP contribution < -0.4 is 9.47 Å². The van der Waals surface area contributed by atoms with E-state index in [1.165, 1.54) is 50.6 Å². The molecule has 4 aromatic carbocycles. The van der Waals surface area contributed by atoms with Gasteiger partial charge in [0.2, 0.25) is 21.0 Å². The number of rotatable bonds is 9. The molecule has 0 saturated heterocycles. The Kier molecular flexibility index (Phi) is 14.0. The van der Waals surface area contributed by atoms with Gasteiger partial charge in [0.25, 0.3) is 10.1 Å². The van der Waals surface area contributed by atoms with Crippen molar-refractivity contribution in [2.45, 2.75) is 4.90 Å². The molecule has 4 rings (SSSR count). The molecule has 8 radical (unpaired) electrons. The van der Waals surface area contributed by atoms with E-state index in [-0.39, 0.29) is 49.5 Å². The summed E-state index contributed by atoms with van der Waals surface area (Å²) in [6.45, 7) is 0. The zero-order valence-electron chi connectivity index (χ0n) is 23.0. The van der Waals surface area contributed by atoms with Crippen LogP contribution in [0.4, 0.5) is 0 Å². The van der Waals surface area contributed by atoms with E-state index in [0.717, 1.165) is 12.1 Å². The van der Waals surface area contributed by atoms with E-state index < -0.39 is 32.3 Å². The van der Waals surface area contributed by atoms with Gasteiger partial charge in [-0.3, -0.25) is 14.1 Å². The number of ether oxygens (including phenoxy) is 2. The summed E-state index contributed by atoms with van der Waals surface area (Å²) < 4.78 is 50.0. The van der Waals surface area contributed by atoms with Gasteiger partial charge in [-0.25, -0.2) is 0 Å². The van der Waals surface area contributed by atoms with Gasteiger partial charge in [0, 0.05) is 17.7 Å². The smallest absolute Gasteiger partial charge is 0.409 e. The molecule has 44 heavy (non-hydrogen) atoms. The highest BCUT2D eigenvalue weighted by molar-refractivity contribution is 7.86. The van der Waals surface area contributed by atoms with Crippen LogP contribution in [0, 0.1) is 0 Å². The van der Waals surface area contributed by atoms with E-state index in [2.05, 4.69) is 29.2 Å². The van der Waals surface area contributed by atoms with Crippen LogP contribution in [-0.2, 0) is 18.3 Å². The Morgan fingerprint density at radius 3 is 1.75 bits per heavy atom. The Labute approximate surface area is 262 Å². The molecule has 0 amide bonds. The molecule has 0 aliphatic rings. The standard InChI is InChI=1S/C14H12O6S.C14H12O4.O2Si3/c1-20-12-8-11(15)10(7-13(12)21(17,18)19)14(16)9-5-3-2-4-6-9;1-18-9-6-7-11(13(16)8-9)14(17)10-4-2-3-5-12(10)15;3-1-5-2-4/h2-8,15H,1H3,(H,17,18,19);2-8,15-16H,1H3;. The molecule has 0 spiro atoms. The first-order chi connectivity index (χ1) is 20.9. The second kappa shape index (κ2) is 17.1. The van der Waals surface area contributed by atoms with Gasteiger partial charge >= 0.3 is 10.0 Å². The topological polar surface area (TPSA) is 186 Å². The summed E-state index contributed by atoms with van der Waals surface area (Å²) in [6, 6.07) is 20.5. The number of benzene rings is 4. The van der Waals surface area contributed by atoms with Gasteiger partial charge in [-0.05, 0) is 30.3 Å². The first-order valence-corrected chi connectivity index (χ1v) is 15.0. The molecule has 0 aliphatic carbocycles. The highest BCUT2D eigenvalue weighted by Gasteiger charge is 2.23. The molecule has 4 aromatic rings. The quantitative estimate of drug-likeness (QED) is 0.116. The maximum atomic E-state index is 12.3. The van der Waals surface area contributed by atoms with Gasteiger partial charge < -0.3 is 33.0 Å². The lowest BCUT2D eigenvalue weighted by Gasteiger charge is -2.10. The van der Waals surface area contributed by atoms with Gasteiger partial charge in [-0.2, -0.15) is 8.42 Å². The number of carbonyl (C=O) groups is 2. The number of para-hydroxylation sites is 1. The second-order valence-electron chi connectivity index (χ2n) is 8.21. The summed E-state index contributed by atoms with van der Waals surface area (Å²) in [5.41, 5.74) is 0.309. The van der Waals surface area contributed by atoms with E-state index in [4.69, 9.17) is 14.0 Å². The zero-order chi connectivity index (χ0) is 32.9. The number of aromatic hydroxyl groups is 3. The van der Waals surface area contributed by atoms with Crippen molar-refractivity contribution in [3.63, 3.8) is 0 Å². The molecular weight excluding hydrogens is 645 g/mol. The van der Waals surface area contributed by atoms with E-state index >= 15 is 0 Å². The molecule has 0 heterocycles. The molecule has 12 nitrogen and oxygen atoms in total. The average Bonchev–Trinajstić information content (AvgIpc) is 3.01. The second-order valence-corrected chi connectivity index (χ2v) is 11.4. The number of hydrogen-bond donors (Lipinski definition) is 4. The van der Waals surface area contributed by atoms with Crippen molar-refractivity contribution in [2.75, 3.05) is 14.2 Å². The SMILES string of the molecule is COc1cc(O)c(C(=O)c2ccccc2)cc1S(=O)(=O)O.COc1ccc(C(=O)c2ccccc2O)c(O)c1.[Si]O[Si]O[Si]. The van der Waals surface area contributed by atoms with Crippen molar-refractivity contribution in [3.8, 4) is 28.7 Å². The molecular formula is C28H24O12SSi3. The van der Waals surface area contributed by atoms with Crippen LogP contribution in [0.2, 0.25) is 0 Å². The molecule has 0 saturated carbocycles.